The first-order valence-corrected chi connectivity index (χ1v) is 6.73. The summed E-state index contributed by atoms with van der Waals surface area (Å²) in [6, 6.07) is 12.3. The van der Waals surface area contributed by atoms with Crippen molar-refractivity contribution < 1.29 is 5.11 Å². The highest BCUT2D eigenvalue weighted by atomic mass is 35.5. The lowest BCUT2D eigenvalue weighted by Crippen LogP contribution is -2.12. The zero-order chi connectivity index (χ0) is 15.4. The highest BCUT2D eigenvalue weighted by molar-refractivity contribution is 6.32. The maximum Gasteiger partial charge on any atom is 0.319 e. The molecule has 0 saturated heterocycles. The molecule has 110 valence electrons. The summed E-state index contributed by atoms with van der Waals surface area (Å²) in [7, 11) is 0. The Balaban J connectivity index is 1.86. The summed E-state index contributed by atoms with van der Waals surface area (Å²) in [5.74, 6) is 0.323. The third-order valence-corrected chi connectivity index (χ3v) is 2.99. The second-order valence-corrected chi connectivity index (χ2v) is 4.64. The van der Waals surface area contributed by atoms with Crippen LogP contribution < -0.4 is 10.9 Å². The van der Waals surface area contributed by atoms with E-state index in [9.17, 15) is 5.11 Å². The molecule has 3 aromatic rings. The van der Waals surface area contributed by atoms with Crippen LogP contribution in [0.1, 0.15) is 0 Å². The molecular weight excluding hydrogens is 304 g/mol. The average molecular weight is 315 g/mol. The first kappa shape index (κ1) is 14.0. The second-order valence-electron chi connectivity index (χ2n) is 4.23. The fourth-order valence-electron chi connectivity index (χ4n) is 1.73. The van der Waals surface area contributed by atoms with Gasteiger partial charge in [0.2, 0.25) is 5.95 Å². The van der Waals surface area contributed by atoms with Crippen LogP contribution in [-0.4, -0.2) is 25.0 Å². The smallest absolute Gasteiger partial charge is 0.319 e. The minimum atomic E-state index is -0.427. The first-order valence-electron chi connectivity index (χ1n) is 6.35. The van der Waals surface area contributed by atoms with Gasteiger partial charge in [0.15, 0.2) is 5.82 Å². The van der Waals surface area contributed by atoms with Gasteiger partial charge in [-0.1, -0.05) is 29.8 Å². The fraction of sp³-hybridized carbons (Fsp3) is 0. The van der Waals surface area contributed by atoms with E-state index in [1.165, 1.54) is 0 Å². The second kappa shape index (κ2) is 6.23. The maximum atomic E-state index is 9.64. The number of nitrogens with zero attached hydrogens (tertiary/aromatic N) is 4. The quantitative estimate of drug-likeness (QED) is 0.637. The van der Waals surface area contributed by atoms with Gasteiger partial charge in [-0.2, -0.15) is 15.0 Å². The molecule has 1 aromatic carbocycles. The van der Waals surface area contributed by atoms with Gasteiger partial charge in [-0.15, -0.1) is 0 Å². The number of nitrogens with one attached hydrogen (secondary N) is 2. The molecule has 2 aromatic heterocycles. The Labute approximate surface area is 131 Å². The third-order valence-electron chi connectivity index (χ3n) is 2.69. The van der Waals surface area contributed by atoms with Crippen molar-refractivity contribution in [2.75, 3.05) is 10.9 Å². The molecule has 0 fully saturated rings. The number of pyridine rings is 1. The minimum Gasteiger partial charge on any atom is -0.479 e. The molecule has 0 radical (unpaired) electrons. The van der Waals surface area contributed by atoms with Crippen LogP contribution in [0.3, 0.4) is 0 Å². The van der Waals surface area contributed by atoms with Gasteiger partial charge in [-0.25, -0.2) is 0 Å². The Morgan fingerprint density at radius 3 is 2.50 bits per heavy atom. The molecule has 0 amide bonds. The van der Waals surface area contributed by atoms with Gasteiger partial charge < -0.3 is 5.11 Å². The van der Waals surface area contributed by atoms with E-state index < -0.39 is 6.01 Å². The predicted octanol–water partition coefficient (Wildman–Crippen LogP) is 2.73. The molecule has 7 nitrogen and oxygen atoms in total. The Morgan fingerprint density at radius 1 is 0.909 bits per heavy atom. The number of para-hydroxylation sites is 1. The van der Waals surface area contributed by atoms with Crippen molar-refractivity contribution >= 4 is 23.2 Å². The molecule has 0 saturated carbocycles. The monoisotopic (exact) mass is 314 g/mol. The predicted molar refractivity (Wildman–Crippen MR) is 83.4 cm³/mol. The van der Waals surface area contributed by atoms with Gasteiger partial charge in [0.1, 0.15) is 5.69 Å². The molecule has 0 spiro atoms. The normalized spacial score (nSPS) is 10.2. The van der Waals surface area contributed by atoms with E-state index in [0.717, 1.165) is 5.69 Å². The van der Waals surface area contributed by atoms with E-state index in [0.29, 0.717) is 10.7 Å². The molecule has 3 rings (SSSR count). The Kier molecular flexibility index (Phi) is 3.97. The van der Waals surface area contributed by atoms with Crippen molar-refractivity contribution in [1.29, 1.82) is 0 Å². The van der Waals surface area contributed by atoms with Crippen LogP contribution in [0.2, 0.25) is 5.02 Å². The summed E-state index contributed by atoms with van der Waals surface area (Å²) in [4.78, 5) is 15.9. The zero-order valence-corrected chi connectivity index (χ0v) is 12.0. The molecule has 0 unspecified atom stereocenters. The molecule has 0 aliphatic carbocycles. The van der Waals surface area contributed by atoms with E-state index in [4.69, 9.17) is 11.6 Å². The third kappa shape index (κ3) is 3.21. The van der Waals surface area contributed by atoms with Crippen LogP contribution in [0.15, 0.2) is 48.7 Å². The lowest BCUT2D eigenvalue weighted by atomic mass is 10.3. The molecule has 22 heavy (non-hydrogen) atoms. The largest absolute Gasteiger partial charge is 0.479 e. The maximum absolute atomic E-state index is 9.64. The van der Waals surface area contributed by atoms with Gasteiger partial charge in [-0.3, -0.25) is 15.8 Å². The SMILES string of the molecule is Oc1nc(NNc2ccccc2)nc(-c2ncccc2Cl)n1. The Morgan fingerprint density at radius 2 is 1.73 bits per heavy atom. The van der Waals surface area contributed by atoms with Crippen molar-refractivity contribution in [1.82, 2.24) is 19.9 Å². The summed E-state index contributed by atoms with van der Waals surface area (Å²) in [5, 5.41) is 10.0. The number of aromatic hydroxyl groups is 1. The van der Waals surface area contributed by atoms with Gasteiger partial charge >= 0.3 is 6.01 Å². The highest BCUT2D eigenvalue weighted by Crippen LogP contribution is 2.23. The van der Waals surface area contributed by atoms with Gasteiger partial charge in [0, 0.05) is 6.20 Å². The molecule has 2 heterocycles. The number of anilines is 2. The molecule has 8 heteroatoms. The van der Waals surface area contributed by atoms with E-state index in [1.807, 2.05) is 30.3 Å². The number of benzene rings is 1. The van der Waals surface area contributed by atoms with Crippen LogP contribution in [0.4, 0.5) is 11.6 Å². The summed E-state index contributed by atoms with van der Waals surface area (Å²) < 4.78 is 0. The number of aromatic nitrogens is 4. The van der Waals surface area contributed by atoms with Crippen molar-refractivity contribution in [2.45, 2.75) is 0 Å². The number of rotatable bonds is 4. The number of halogens is 1. The standard InChI is InChI=1S/C14H11ClN6O/c15-10-7-4-8-16-11(10)12-17-13(19-14(22)18-12)21-20-9-5-2-1-3-6-9/h1-8,20H,(H2,17,18,19,21,22). The summed E-state index contributed by atoms with van der Waals surface area (Å²) in [6.07, 6.45) is 1.57. The van der Waals surface area contributed by atoms with Crippen molar-refractivity contribution in [3.05, 3.63) is 53.7 Å². The van der Waals surface area contributed by atoms with Crippen molar-refractivity contribution in [3.63, 3.8) is 0 Å². The molecule has 3 N–H and O–H groups in total. The topological polar surface area (TPSA) is 95.9 Å². The fourth-order valence-corrected chi connectivity index (χ4v) is 1.93. The van der Waals surface area contributed by atoms with Crippen LogP contribution in [-0.2, 0) is 0 Å². The molecule has 0 atom stereocenters. The minimum absolute atomic E-state index is 0.146. The summed E-state index contributed by atoms with van der Waals surface area (Å²) in [5.41, 5.74) is 6.89. The van der Waals surface area contributed by atoms with E-state index in [2.05, 4.69) is 30.8 Å². The summed E-state index contributed by atoms with van der Waals surface area (Å²) >= 11 is 6.06. The van der Waals surface area contributed by atoms with Crippen LogP contribution in [0.25, 0.3) is 11.5 Å². The summed E-state index contributed by atoms with van der Waals surface area (Å²) in [6.45, 7) is 0. The molecule has 0 aliphatic heterocycles. The van der Waals surface area contributed by atoms with Crippen molar-refractivity contribution in [2.24, 2.45) is 0 Å². The Hall–Kier alpha value is -2.93. The lowest BCUT2D eigenvalue weighted by molar-refractivity contribution is 0.430. The molecular formula is C14H11ClN6O. The Bertz CT molecular complexity index is 783. The van der Waals surface area contributed by atoms with Crippen molar-refractivity contribution in [3.8, 4) is 17.5 Å². The van der Waals surface area contributed by atoms with Gasteiger partial charge in [0.05, 0.1) is 10.7 Å². The van der Waals surface area contributed by atoms with Gasteiger partial charge in [-0.05, 0) is 24.3 Å². The van der Waals surface area contributed by atoms with Gasteiger partial charge in [0.25, 0.3) is 0 Å². The van der Waals surface area contributed by atoms with Crippen LogP contribution in [0, 0.1) is 0 Å². The lowest BCUT2D eigenvalue weighted by Gasteiger charge is -2.09. The van der Waals surface area contributed by atoms with E-state index in [-0.39, 0.29) is 11.8 Å². The van der Waals surface area contributed by atoms with Crippen LogP contribution >= 0.6 is 11.6 Å². The van der Waals surface area contributed by atoms with E-state index >= 15 is 0 Å². The number of hydrogen-bond donors (Lipinski definition) is 3. The molecule has 0 aliphatic rings. The zero-order valence-electron chi connectivity index (χ0n) is 11.2. The van der Waals surface area contributed by atoms with Crippen LogP contribution in [0.5, 0.6) is 6.01 Å². The molecule has 0 bridgehead atoms. The number of hydrogen-bond acceptors (Lipinski definition) is 7. The van der Waals surface area contributed by atoms with E-state index in [1.54, 1.807) is 18.3 Å². The average Bonchev–Trinajstić information content (AvgIpc) is 2.54. The highest BCUT2D eigenvalue weighted by Gasteiger charge is 2.11. The number of hydrazine groups is 1. The first-order chi connectivity index (χ1) is 10.7.